The summed E-state index contributed by atoms with van der Waals surface area (Å²) in [4.78, 5) is 8.87. The Morgan fingerprint density at radius 2 is 1.58 bits per heavy atom. The Labute approximate surface area is 218 Å². The molecule has 5 aromatic rings. The van der Waals surface area contributed by atoms with Crippen LogP contribution in [0, 0.1) is 0 Å². The normalized spacial score (nSPS) is 11.9. The third kappa shape index (κ3) is 5.68. The van der Waals surface area contributed by atoms with Gasteiger partial charge < -0.3 is 10.2 Å². The Morgan fingerprint density at radius 3 is 2.44 bits per heavy atom. The minimum atomic E-state index is 0.0233. The number of para-hydroxylation sites is 1. The van der Waals surface area contributed by atoms with Gasteiger partial charge in [-0.25, -0.2) is 4.98 Å². The molecule has 0 amide bonds. The molecular weight excluding hydrogens is 540 g/mol. The zero-order chi connectivity index (χ0) is 24.9. The lowest BCUT2D eigenvalue weighted by atomic mass is 10.2. The molecule has 0 bridgehead atoms. The first kappa shape index (κ1) is 23.5. The van der Waals surface area contributed by atoms with Gasteiger partial charge in [0, 0.05) is 22.3 Å². The quantitative estimate of drug-likeness (QED) is 0.160. The van der Waals surface area contributed by atoms with Gasteiger partial charge in [-0.2, -0.15) is 5.11 Å². The second kappa shape index (κ2) is 10.5. The highest BCUT2D eigenvalue weighted by Crippen LogP contribution is 2.34. The van der Waals surface area contributed by atoms with Crippen molar-refractivity contribution in [2.75, 3.05) is 0 Å². The molecule has 176 valence electrons. The lowest BCUT2D eigenvalue weighted by Gasteiger charge is -2.03. The predicted molar refractivity (Wildman–Crippen MR) is 146 cm³/mol. The molecule has 36 heavy (non-hydrogen) atoms. The van der Waals surface area contributed by atoms with Gasteiger partial charge in [-0.15, -0.1) is 15.3 Å². The number of fused-ring (bicyclic) bond motifs is 1. The summed E-state index contributed by atoms with van der Waals surface area (Å²) in [6.45, 7) is 0. The fraction of sp³-hybridized carbons (Fsp3) is 0. The van der Waals surface area contributed by atoms with Crippen LogP contribution in [0.15, 0.2) is 115 Å². The average Bonchev–Trinajstić information content (AvgIpc) is 3.30. The van der Waals surface area contributed by atoms with Crippen molar-refractivity contribution in [3.8, 4) is 11.5 Å². The van der Waals surface area contributed by atoms with E-state index in [0.717, 1.165) is 14.7 Å². The fourth-order valence-corrected chi connectivity index (χ4v) is 4.37. The van der Waals surface area contributed by atoms with Crippen LogP contribution >= 0.6 is 27.3 Å². The molecule has 0 unspecified atom stereocenters. The van der Waals surface area contributed by atoms with Crippen molar-refractivity contribution in [2.24, 2.45) is 25.4 Å². The first-order chi connectivity index (χ1) is 17.5. The number of hydrogen-bond donors (Lipinski definition) is 2. The van der Waals surface area contributed by atoms with E-state index in [0.29, 0.717) is 33.4 Å². The second-order valence-corrected chi connectivity index (χ2v) is 9.44. The number of aromatic nitrogens is 1. The van der Waals surface area contributed by atoms with Crippen molar-refractivity contribution in [1.82, 2.24) is 4.98 Å². The number of aliphatic imine (C=N–C) groups is 1. The highest BCUT2D eigenvalue weighted by molar-refractivity contribution is 9.10. The SMILES string of the molecule is Oc1ccc(N=Nc2cccc(Br)c2)c(N=Cc2cc(N=Nc3nc4ccccc4s3)ccc2O)c1. The number of halogens is 1. The largest absolute Gasteiger partial charge is 0.508 e. The first-order valence-corrected chi connectivity index (χ1v) is 12.3. The predicted octanol–water partition coefficient (Wildman–Crippen LogP) is 9.05. The van der Waals surface area contributed by atoms with Crippen LogP contribution in [-0.2, 0) is 0 Å². The number of thiazole rings is 1. The van der Waals surface area contributed by atoms with Crippen LogP contribution < -0.4 is 0 Å². The van der Waals surface area contributed by atoms with Gasteiger partial charge >= 0.3 is 0 Å². The van der Waals surface area contributed by atoms with Crippen molar-refractivity contribution in [3.63, 3.8) is 0 Å². The first-order valence-electron chi connectivity index (χ1n) is 10.7. The topological polar surface area (TPSA) is 115 Å². The smallest absolute Gasteiger partial charge is 0.231 e. The highest BCUT2D eigenvalue weighted by Gasteiger charge is 2.06. The molecule has 8 nitrogen and oxygen atoms in total. The van der Waals surface area contributed by atoms with Crippen molar-refractivity contribution >= 4 is 71.6 Å². The molecule has 0 spiro atoms. The number of phenols is 2. The lowest BCUT2D eigenvalue weighted by Crippen LogP contribution is -1.82. The van der Waals surface area contributed by atoms with Crippen molar-refractivity contribution < 1.29 is 10.2 Å². The number of nitrogens with zero attached hydrogens (tertiary/aromatic N) is 6. The van der Waals surface area contributed by atoms with Gasteiger partial charge in [0.05, 0.1) is 27.3 Å². The van der Waals surface area contributed by atoms with Crippen LogP contribution in [0.1, 0.15) is 5.56 Å². The third-order valence-electron chi connectivity index (χ3n) is 4.93. The zero-order valence-electron chi connectivity index (χ0n) is 18.5. The molecule has 10 heteroatoms. The van der Waals surface area contributed by atoms with Crippen LogP contribution in [0.3, 0.4) is 0 Å². The molecule has 2 N–H and O–H groups in total. The number of benzene rings is 4. The molecule has 1 aromatic heterocycles. The Kier molecular flexibility index (Phi) is 6.87. The minimum absolute atomic E-state index is 0.0233. The van der Waals surface area contributed by atoms with E-state index < -0.39 is 0 Å². The van der Waals surface area contributed by atoms with Gasteiger partial charge in [-0.05, 0) is 60.7 Å². The fourth-order valence-electron chi connectivity index (χ4n) is 3.20. The summed E-state index contributed by atoms with van der Waals surface area (Å²) in [7, 11) is 0. The Hall–Kier alpha value is -4.28. The monoisotopic (exact) mass is 556 g/mol. The summed E-state index contributed by atoms with van der Waals surface area (Å²) in [5.41, 5.74) is 3.32. The maximum absolute atomic E-state index is 10.3. The number of hydrogen-bond acceptors (Lipinski definition) is 9. The van der Waals surface area contributed by atoms with Gasteiger partial charge in [-0.3, -0.25) is 4.99 Å². The summed E-state index contributed by atoms with van der Waals surface area (Å²) in [6.07, 6.45) is 1.47. The average molecular weight is 557 g/mol. The van der Waals surface area contributed by atoms with Gasteiger partial charge in [0.2, 0.25) is 5.13 Å². The van der Waals surface area contributed by atoms with E-state index in [2.05, 4.69) is 46.4 Å². The van der Waals surface area contributed by atoms with E-state index in [9.17, 15) is 10.2 Å². The number of aromatic hydroxyl groups is 2. The van der Waals surface area contributed by atoms with E-state index in [1.807, 2.05) is 48.5 Å². The molecular formula is C26H17BrN6O2S. The van der Waals surface area contributed by atoms with Crippen LogP contribution in [0.25, 0.3) is 10.2 Å². The molecule has 1 heterocycles. The van der Waals surface area contributed by atoms with Gasteiger partial charge in [0.15, 0.2) is 0 Å². The molecule has 5 rings (SSSR count). The Morgan fingerprint density at radius 1 is 0.750 bits per heavy atom. The molecule has 0 aliphatic heterocycles. The summed E-state index contributed by atoms with van der Waals surface area (Å²) >= 11 is 4.85. The third-order valence-corrected chi connectivity index (χ3v) is 6.34. The molecule has 0 radical (unpaired) electrons. The molecule has 0 fully saturated rings. The van der Waals surface area contributed by atoms with E-state index in [4.69, 9.17) is 0 Å². The Balaban J connectivity index is 1.39. The molecule has 0 saturated heterocycles. The van der Waals surface area contributed by atoms with Gasteiger partial charge in [0.1, 0.15) is 17.2 Å². The summed E-state index contributed by atoms with van der Waals surface area (Å²) in [6, 6.07) is 24.6. The minimum Gasteiger partial charge on any atom is -0.508 e. The van der Waals surface area contributed by atoms with E-state index in [1.165, 1.54) is 35.8 Å². The molecule has 0 aliphatic carbocycles. The molecule has 0 aliphatic rings. The Bertz CT molecular complexity index is 1610. The molecule has 0 saturated carbocycles. The maximum atomic E-state index is 10.3. The van der Waals surface area contributed by atoms with Crippen molar-refractivity contribution in [3.05, 3.63) is 95.0 Å². The van der Waals surface area contributed by atoms with Crippen LogP contribution in [0.2, 0.25) is 0 Å². The summed E-state index contributed by atoms with van der Waals surface area (Å²) in [5, 5.41) is 37.8. The van der Waals surface area contributed by atoms with Crippen LogP contribution in [0.4, 0.5) is 27.9 Å². The van der Waals surface area contributed by atoms with E-state index in [1.54, 1.807) is 18.2 Å². The van der Waals surface area contributed by atoms with Crippen molar-refractivity contribution in [2.45, 2.75) is 0 Å². The van der Waals surface area contributed by atoms with Gasteiger partial charge in [-0.1, -0.05) is 45.5 Å². The van der Waals surface area contributed by atoms with Gasteiger partial charge in [0.25, 0.3) is 0 Å². The van der Waals surface area contributed by atoms with E-state index >= 15 is 0 Å². The van der Waals surface area contributed by atoms with Crippen LogP contribution in [0.5, 0.6) is 11.5 Å². The maximum Gasteiger partial charge on any atom is 0.231 e. The summed E-state index contributed by atoms with van der Waals surface area (Å²) in [5.74, 6) is 0.0568. The number of phenolic OH excluding ortho intramolecular Hbond substituents is 2. The highest BCUT2D eigenvalue weighted by atomic mass is 79.9. The zero-order valence-corrected chi connectivity index (χ0v) is 20.9. The lowest BCUT2D eigenvalue weighted by molar-refractivity contribution is 0.474. The number of rotatable bonds is 6. The second-order valence-electron chi connectivity index (χ2n) is 7.52. The summed E-state index contributed by atoms with van der Waals surface area (Å²) < 4.78 is 1.92. The van der Waals surface area contributed by atoms with E-state index in [-0.39, 0.29) is 11.5 Å². The standard InChI is InChI=1S/C26H17BrN6O2S/c27-17-4-3-5-18(13-17)30-32-21-10-9-20(34)14-23(21)28-15-16-12-19(8-11-24(16)35)31-33-26-29-22-6-1-2-7-25(22)36-26/h1-15,34-35H. The molecule has 0 atom stereocenters. The molecule has 4 aromatic carbocycles. The van der Waals surface area contributed by atoms with Crippen LogP contribution in [-0.4, -0.2) is 21.4 Å². The van der Waals surface area contributed by atoms with Crippen molar-refractivity contribution in [1.29, 1.82) is 0 Å². The number of azo groups is 2.